The Hall–Kier alpha value is -2.25. The van der Waals surface area contributed by atoms with Crippen molar-refractivity contribution in [2.45, 2.75) is 11.7 Å². The number of aliphatic hydroxyl groups excluding tert-OH is 1. The minimum absolute atomic E-state index is 0.0782. The Kier molecular flexibility index (Phi) is 4.59. The van der Waals surface area contributed by atoms with Crippen molar-refractivity contribution in [3.63, 3.8) is 0 Å². The summed E-state index contributed by atoms with van der Waals surface area (Å²) in [6.07, 6.45) is -2.56. The topological polar surface area (TPSA) is 115 Å². The minimum atomic E-state index is -3.07. The Bertz CT molecular complexity index is 527. The van der Waals surface area contributed by atoms with Crippen LogP contribution in [0.25, 0.3) is 0 Å². The van der Waals surface area contributed by atoms with Gasteiger partial charge in [-0.2, -0.15) is 0 Å². The first-order valence-electron chi connectivity index (χ1n) is 5.67. The van der Waals surface area contributed by atoms with Gasteiger partial charge in [0.05, 0.1) is 0 Å². The molecule has 0 saturated heterocycles. The average Bonchev–Trinajstić information content (AvgIpc) is 2.44. The predicted octanol–water partition coefficient (Wildman–Crippen LogP) is -0.866. The number of nitrogens with zero attached hydrogens (tertiary/aromatic N) is 1. The molecule has 0 aromatic heterocycles. The van der Waals surface area contributed by atoms with Gasteiger partial charge in [0.15, 0.2) is 6.10 Å². The lowest BCUT2D eigenvalue weighted by Crippen LogP contribution is -2.62. The third kappa shape index (κ3) is 2.68. The number of Topliss-reactive ketones (excluding diaryl/α,β-unsaturated/α-hetero) is 1. The monoisotopic (exact) mass is 281 g/mol. The number of carboxylic acids is 1. The molecule has 0 fully saturated rings. The molecule has 0 aliphatic heterocycles. The van der Waals surface area contributed by atoms with Gasteiger partial charge in [-0.25, -0.2) is 4.79 Å². The van der Waals surface area contributed by atoms with E-state index in [-0.39, 0.29) is 5.56 Å². The smallest absolute Gasteiger partial charge is 0.336 e. The Morgan fingerprint density at radius 1 is 1.15 bits per heavy atom. The van der Waals surface area contributed by atoms with Gasteiger partial charge in [0.1, 0.15) is 0 Å². The molecule has 7 nitrogen and oxygen atoms in total. The summed E-state index contributed by atoms with van der Waals surface area (Å²) in [6, 6.07) is 7.20. The standard InChI is InChI=1S/C13H15NO6/c1-14(2)12(19)13(20,10(16)11(17)18)9(15)8-6-4-3-5-7-8/h3-7,10,16,20H,1-2H3,(H,17,18). The van der Waals surface area contributed by atoms with Crippen molar-refractivity contribution >= 4 is 17.7 Å². The first kappa shape index (κ1) is 15.8. The first-order valence-corrected chi connectivity index (χ1v) is 5.67. The van der Waals surface area contributed by atoms with E-state index >= 15 is 0 Å². The molecule has 0 aliphatic carbocycles. The number of carbonyl (C=O) groups is 3. The Labute approximate surface area is 115 Å². The van der Waals surface area contributed by atoms with E-state index in [0.717, 1.165) is 4.90 Å². The molecule has 2 unspecified atom stereocenters. The molecule has 1 aromatic carbocycles. The van der Waals surface area contributed by atoms with Crippen LogP contribution in [0.15, 0.2) is 30.3 Å². The Morgan fingerprint density at radius 3 is 2.05 bits per heavy atom. The minimum Gasteiger partial charge on any atom is -0.479 e. The number of aliphatic carboxylic acids is 1. The molecule has 0 spiro atoms. The third-order valence-electron chi connectivity index (χ3n) is 2.74. The number of aliphatic hydroxyl groups is 2. The van der Waals surface area contributed by atoms with E-state index < -0.39 is 29.4 Å². The van der Waals surface area contributed by atoms with E-state index in [1.807, 2.05) is 0 Å². The number of amides is 1. The molecule has 1 rings (SSSR count). The van der Waals surface area contributed by atoms with Crippen LogP contribution < -0.4 is 0 Å². The lowest BCUT2D eigenvalue weighted by atomic mass is 9.86. The van der Waals surface area contributed by atoms with E-state index in [0.29, 0.717) is 0 Å². The van der Waals surface area contributed by atoms with Gasteiger partial charge in [0, 0.05) is 19.7 Å². The maximum atomic E-state index is 12.2. The van der Waals surface area contributed by atoms with E-state index in [4.69, 9.17) is 5.11 Å². The summed E-state index contributed by atoms with van der Waals surface area (Å²) >= 11 is 0. The highest BCUT2D eigenvalue weighted by Gasteiger charge is 2.54. The van der Waals surface area contributed by atoms with Gasteiger partial charge < -0.3 is 20.2 Å². The van der Waals surface area contributed by atoms with Gasteiger partial charge in [0.2, 0.25) is 11.4 Å². The molecular formula is C13H15NO6. The fourth-order valence-electron chi connectivity index (χ4n) is 1.67. The maximum Gasteiger partial charge on any atom is 0.336 e. The number of likely N-dealkylation sites (N-methyl/N-ethyl adjacent to an activating group) is 1. The van der Waals surface area contributed by atoms with Gasteiger partial charge in [-0.05, 0) is 0 Å². The summed E-state index contributed by atoms with van der Waals surface area (Å²) < 4.78 is 0. The molecule has 0 radical (unpaired) electrons. The van der Waals surface area contributed by atoms with Crippen molar-refractivity contribution in [1.82, 2.24) is 4.90 Å². The number of hydrogen-bond acceptors (Lipinski definition) is 5. The molecule has 1 aromatic rings. The number of ketones is 1. The highest BCUT2D eigenvalue weighted by Crippen LogP contribution is 2.21. The van der Waals surface area contributed by atoms with Crippen LogP contribution in [-0.4, -0.2) is 63.7 Å². The largest absolute Gasteiger partial charge is 0.479 e. The van der Waals surface area contributed by atoms with Gasteiger partial charge >= 0.3 is 5.97 Å². The fourth-order valence-corrected chi connectivity index (χ4v) is 1.67. The van der Waals surface area contributed by atoms with E-state index in [9.17, 15) is 24.6 Å². The SMILES string of the molecule is CN(C)C(=O)C(O)(C(=O)c1ccccc1)C(O)C(=O)O. The van der Waals surface area contributed by atoms with Gasteiger partial charge in [-0.1, -0.05) is 30.3 Å². The zero-order valence-electron chi connectivity index (χ0n) is 11.0. The van der Waals surface area contributed by atoms with E-state index in [2.05, 4.69) is 0 Å². The van der Waals surface area contributed by atoms with Crippen LogP contribution in [0.4, 0.5) is 0 Å². The maximum absolute atomic E-state index is 12.2. The summed E-state index contributed by atoms with van der Waals surface area (Å²) in [6.45, 7) is 0. The third-order valence-corrected chi connectivity index (χ3v) is 2.74. The number of hydrogen-bond donors (Lipinski definition) is 3. The van der Waals surface area contributed by atoms with Crippen LogP contribution in [-0.2, 0) is 9.59 Å². The molecule has 0 aliphatic rings. The lowest BCUT2D eigenvalue weighted by Gasteiger charge is -2.30. The van der Waals surface area contributed by atoms with Crippen molar-refractivity contribution in [1.29, 1.82) is 0 Å². The molecule has 0 bridgehead atoms. The summed E-state index contributed by atoms with van der Waals surface area (Å²) in [5.41, 5.74) is -3.15. The van der Waals surface area contributed by atoms with Crippen LogP contribution in [0.3, 0.4) is 0 Å². The first-order chi connectivity index (χ1) is 9.22. The molecule has 2 atom stereocenters. The molecule has 3 N–H and O–H groups in total. The van der Waals surface area contributed by atoms with Crippen LogP contribution >= 0.6 is 0 Å². The second kappa shape index (κ2) is 5.81. The number of carbonyl (C=O) groups excluding carboxylic acids is 2. The number of carboxylic acid groups (broad SMARTS) is 1. The van der Waals surface area contributed by atoms with Crippen molar-refractivity contribution < 1.29 is 29.7 Å². The quantitative estimate of drug-likeness (QED) is 0.477. The van der Waals surface area contributed by atoms with Crippen LogP contribution in [0, 0.1) is 0 Å². The van der Waals surface area contributed by atoms with Gasteiger partial charge in [-0.3, -0.25) is 9.59 Å². The summed E-state index contributed by atoms with van der Waals surface area (Å²) in [4.78, 5) is 35.9. The van der Waals surface area contributed by atoms with Crippen LogP contribution in [0.2, 0.25) is 0 Å². The fraction of sp³-hybridized carbons (Fsp3) is 0.308. The highest BCUT2D eigenvalue weighted by molar-refractivity contribution is 6.19. The van der Waals surface area contributed by atoms with Crippen molar-refractivity contribution in [3.8, 4) is 0 Å². The molecule has 1 amide bonds. The zero-order chi connectivity index (χ0) is 15.5. The van der Waals surface area contributed by atoms with E-state index in [1.54, 1.807) is 6.07 Å². The predicted molar refractivity (Wildman–Crippen MR) is 68.1 cm³/mol. The second-order valence-electron chi connectivity index (χ2n) is 4.40. The molecular weight excluding hydrogens is 266 g/mol. The highest BCUT2D eigenvalue weighted by atomic mass is 16.4. The van der Waals surface area contributed by atoms with Crippen molar-refractivity contribution in [3.05, 3.63) is 35.9 Å². The van der Waals surface area contributed by atoms with Crippen molar-refractivity contribution in [2.75, 3.05) is 14.1 Å². The summed E-state index contributed by atoms with van der Waals surface area (Å²) in [7, 11) is 2.47. The molecule has 20 heavy (non-hydrogen) atoms. The summed E-state index contributed by atoms with van der Waals surface area (Å²) in [5.74, 6) is -4.25. The molecule has 108 valence electrons. The molecule has 0 saturated carbocycles. The number of rotatable bonds is 5. The van der Waals surface area contributed by atoms with Gasteiger partial charge in [-0.15, -0.1) is 0 Å². The summed E-state index contributed by atoms with van der Waals surface area (Å²) in [5, 5.41) is 28.6. The Morgan fingerprint density at radius 2 is 1.65 bits per heavy atom. The normalized spacial score (nSPS) is 15.0. The van der Waals surface area contributed by atoms with Crippen LogP contribution in [0.1, 0.15) is 10.4 Å². The second-order valence-corrected chi connectivity index (χ2v) is 4.40. The molecule has 0 heterocycles. The average molecular weight is 281 g/mol. The number of benzene rings is 1. The van der Waals surface area contributed by atoms with Gasteiger partial charge in [0.25, 0.3) is 5.91 Å². The Balaban J connectivity index is 3.35. The van der Waals surface area contributed by atoms with E-state index in [1.165, 1.54) is 38.4 Å². The van der Waals surface area contributed by atoms with Crippen LogP contribution in [0.5, 0.6) is 0 Å². The zero-order valence-corrected chi connectivity index (χ0v) is 11.0. The molecule has 7 heteroatoms. The lowest BCUT2D eigenvalue weighted by molar-refractivity contribution is -0.169. The van der Waals surface area contributed by atoms with Crippen molar-refractivity contribution in [2.24, 2.45) is 0 Å².